The molecule has 0 bridgehead atoms. The van der Waals surface area contributed by atoms with Gasteiger partial charge in [-0.2, -0.15) is 4.31 Å². The zero-order chi connectivity index (χ0) is 21.7. The molecular weight excluding hydrogens is 414 g/mol. The smallest absolute Gasteiger partial charge is 0.245 e. The second-order valence-electron chi connectivity index (χ2n) is 7.15. The van der Waals surface area contributed by atoms with E-state index in [-0.39, 0.29) is 48.7 Å². The van der Waals surface area contributed by atoms with Crippen LogP contribution >= 0.6 is 0 Å². The third-order valence-corrected chi connectivity index (χ3v) is 7.09. The topological polar surface area (TPSA) is 66.9 Å². The highest BCUT2D eigenvalue weighted by molar-refractivity contribution is 7.89. The fourth-order valence-electron chi connectivity index (χ4n) is 3.41. The Kier molecular flexibility index (Phi) is 7.04. The normalized spacial score (nSPS) is 15.7. The molecule has 0 unspecified atom stereocenters. The molecule has 9 heteroatoms. The first-order valence-electron chi connectivity index (χ1n) is 9.67. The molecule has 1 amide bonds. The van der Waals surface area contributed by atoms with Crippen LogP contribution in [0.15, 0.2) is 53.4 Å². The summed E-state index contributed by atoms with van der Waals surface area (Å²) in [6, 6.07) is 11.3. The number of piperidine rings is 1. The molecule has 162 valence electrons. The van der Waals surface area contributed by atoms with Crippen LogP contribution in [0.25, 0.3) is 0 Å². The Balaban J connectivity index is 1.51. The minimum atomic E-state index is -3.93. The summed E-state index contributed by atoms with van der Waals surface area (Å²) < 4.78 is 59.4. The van der Waals surface area contributed by atoms with Crippen LogP contribution in [0.1, 0.15) is 12.8 Å². The maximum absolute atomic E-state index is 13.9. The van der Waals surface area contributed by atoms with E-state index in [0.717, 1.165) is 6.07 Å². The van der Waals surface area contributed by atoms with E-state index < -0.39 is 21.7 Å². The first-order chi connectivity index (χ1) is 14.3. The van der Waals surface area contributed by atoms with Gasteiger partial charge in [-0.25, -0.2) is 17.2 Å². The summed E-state index contributed by atoms with van der Waals surface area (Å²) in [4.78, 5) is 13.8. The summed E-state index contributed by atoms with van der Waals surface area (Å²) >= 11 is 0. The Hall–Kier alpha value is -2.52. The number of hydrogen-bond donors (Lipinski definition) is 0. The average Bonchev–Trinajstić information content (AvgIpc) is 2.74. The fraction of sp³-hybridized carbons (Fsp3) is 0.381. The predicted molar refractivity (Wildman–Crippen MR) is 107 cm³/mol. The highest BCUT2D eigenvalue weighted by Gasteiger charge is 2.34. The second kappa shape index (κ2) is 9.53. The van der Waals surface area contributed by atoms with Crippen LogP contribution in [0.4, 0.5) is 8.78 Å². The van der Waals surface area contributed by atoms with Crippen molar-refractivity contribution in [3.8, 4) is 5.75 Å². The third kappa shape index (κ3) is 4.96. The lowest BCUT2D eigenvalue weighted by molar-refractivity contribution is -0.135. The Morgan fingerprint density at radius 3 is 2.30 bits per heavy atom. The summed E-state index contributed by atoms with van der Waals surface area (Å²) in [7, 11) is -2.30. The Labute approximate surface area is 175 Å². The quantitative estimate of drug-likeness (QED) is 0.667. The highest BCUT2D eigenvalue weighted by atomic mass is 32.2. The van der Waals surface area contributed by atoms with Gasteiger partial charge in [0.2, 0.25) is 15.9 Å². The van der Waals surface area contributed by atoms with Crippen LogP contribution in [0, 0.1) is 17.6 Å². The average molecular weight is 438 g/mol. The SMILES string of the molecule is CN(CCOc1ccccc1F)C(=O)C1CCN(S(=O)(=O)c2ccccc2F)CC1. The molecule has 0 atom stereocenters. The van der Waals surface area contributed by atoms with Gasteiger partial charge in [0.05, 0.1) is 6.54 Å². The summed E-state index contributed by atoms with van der Waals surface area (Å²) in [5, 5.41) is 0. The molecular formula is C21H24F2N2O4S. The number of para-hydroxylation sites is 1. The molecule has 1 saturated heterocycles. The summed E-state index contributed by atoms with van der Waals surface area (Å²) in [6.07, 6.45) is 0.704. The van der Waals surface area contributed by atoms with E-state index in [1.807, 2.05) is 0 Å². The number of halogens is 2. The minimum absolute atomic E-state index is 0.116. The van der Waals surface area contributed by atoms with Crippen molar-refractivity contribution in [1.82, 2.24) is 9.21 Å². The first kappa shape index (κ1) is 22.2. The van der Waals surface area contributed by atoms with Crippen molar-refractivity contribution >= 4 is 15.9 Å². The van der Waals surface area contributed by atoms with E-state index in [2.05, 4.69) is 0 Å². The molecule has 30 heavy (non-hydrogen) atoms. The van der Waals surface area contributed by atoms with Gasteiger partial charge >= 0.3 is 0 Å². The number of nitrogens with zero attached hydrogens (tertiary/aromatic N) is 2. The van der Waals surface area contributed by atoms with Crippen LogP contribution in [0.2, 0.25) is 0 Å². The zero-order valence-electron chi connectivity index (χ0n) is 16.6. The van der Waals surface area contributed by atoms with Crippen molar-refractivity contribution in [2.45, 2.75) is 17.7 Å². The van der Waals surface area contributed by atoms with Gasteiger partial charge in [0.25, 0.3) is 0 Å². The minimum Gasteiger partial charge on any atom is -0.489 e. The lowest BCUT2D eigenvalue weighted by Gasteiger charge is -2.32. The first-order valence-corrected chi connectivity index (χ1v) is 11.1. The van der Waals surface area contributed by atoms with Gasteiger partial charge in [-0.05, 0) is 37.1 Å². The number of benzene rings is 2. The molecule has 1 heterocycles. The van der Waals surface area contributed by atoms with E-state index >= 15 is 0 Å². The van der Waals surface area contributed by atoms with Crippen molar-refractivity contribution < 1.29 is 26.7 Å². The number of carbonyl (C=O) groups is 1. The van der Waals surface area contributed by atoms with Crippen LogP contribution < -0.4 is 4.74 Å². The molecule has 1 aliphatic heterocycles. The third-order valence-electron chi connectivity index (χ3n) is 5.15. The fourth-order valence-corrected chi connectivity index (χ4v) is 4.95. The molecule has 1 aliphatic rings. The largest absolute Gasteiger partial charge is 0.489 e. The summed E-state index contributed by atoms with van der Waals surface area (Å²) in [5.74, 6) is -1.56. The Morgan fingerprint density at radius 1 is 1.07 bits per heavy atom. The highest BCUT2D eigenvalue weighted by Crippen LogP contribution is 2.26. The maximum Gasteiger partial charge on any atom is 0.245 e. The molecule has 0 spiro atoms. The summed E-state index contributed by atoms with van der Waals surface area (Å²) in [6.45, 7) is 0.712. The van der Waals surface area contributed by atoms with Crippen molar-refractivity contribution in [3.63, 3.8) is 0 Å². The van der Waals surface area contributed by atoms with Gasteiger partial charge in [0, 0.05) is 26.1 Å². The van der Waals surface area contributed by atoms with Gasteiger partial charge in [-0.1, -0.05) is 24.3 Å². The van der Waals surface area contributed by atoms with Gasteiger partial charge in [-0.15, -0.1) is 0 Å². The Morgan fingerprint density at radius 2 is 1.67 bits per heavy atom. The van der Waals surface area contributed by atoms with Crippen LogP contribution in [0.5, 0.6) is 5.75 Å². The standard InChI is InChI=1S/C21H24F2N2O4S/c1-24(14-15-29-19-8-4-2-6-17(19)22)21(26)16-10-12-25(13-11-16)30(27,28)20-9-5-3-7-18(20)23/h2-9,16H,10-15H2,1H3. The van der Waals surface area contributed by atoms with Crippen molar-refractivity contribution in [1.29, 1.82) is 0 Å². The lowest BCUT2D eigenvalue weighted by atomic mass is 9.97. The molecule has 0 aliphatic carbocycles. The second-order valence-corrected chi connectivity index (χ2v) is 9.05. The molecule has 0 N–H and O–H groups in total. The van der Waals surface area contributed by atoms with Crippen LogP contribution in [-0.2, 0) is 14.8 Å². The number of amides is 1. The van der Waals surface area contributed by atoms with E-state index in [4.69, 9.17) is 4.74 Å². The van der Waals surface area contributed by atoms with Crippen molar-refractivity contribution in [3.05, 3.63) is 60.2 Å². The number of sulfonamides is 1. The van der Waals surface area contributed by atoms with Crippen molar-refractivity contribution in [2.75, 3.05) is 33.3 Å². The predicted octanol–water partition coefficient (Wildman–Crippen LogP) is 2.90. The number of rotatable bonds is 7. The zero-order valence-corrected chi connectivity index (χ0v) is 17.4. The molecule has 0 radical (unpaired) electrons. The number of ether oxygens (including phenoxy) is 1. The molecule has 1 fully saturated rings. The molecule has 6 nitrogen and oxygen atoms in total. The molecule has 3 rings (SSSR count). The van der Waals surface area contributed by atoms with Gasteiger partial charge in [0.15, 0.2) is 11.6 Å². The molecule has 2 aromatic rings. The van der Waals surface area contributed by atoms with E-state index in [1.165, 1.54) is 39.5 Å². The van der Waals surface area contributed by atoms with E-state index in [0.29, 0.717) is 12.8 Å². The van der Waals surface area contributed by atoms with Gasteiger partial charge in [-0.3, -0.25) is 4.79 Å². The van der Waals surface area contributed by atoms with Crippen molar-refractivity contribution in [2.24, 2.45) is 5.92 Å². The van der Waals surface area contributed by atoms with Crippen LogP contribution in [0.3, 0.4) is 0 Å². The number of hydrogen-bond acceptors (Lipinski definition) is 4. The van der Waals surface area contributed by atoms with E-state index in [1.54, 1.807) is 19.2 Å². The van der Waals surface area contributed by atoms with E-state index in [9.17, 15) is 22.0 Å². The van der Waals surface area contributed by atoms with Gasteiger partial charge in [0.1, 0.15) is 17.3 Å². The van der Waals surface area contributed by atoms with Gasteiger partial charge < -0.3 is 9.64 Å². The molecule has 2 aromatic carbocycles. The monoisotopic (exact) mass is 438 g/mol. The number of likely N-dealkylation sites (N-methyl/N-ethyl adjacent to an activating group) is 1. The van der Waals surface area contributed by atoms with Crippen LogP contribution in [-0.4, -0.2) is 56.8 Å². The molecule has 0 aromatic heterocycles. The Bertz CT molecular complexity index is 992. The summed E-state index contributed by atoms with van der Waals surface area (Å²) in [5.41, 5.74) is 0. The number of carbonyl (C=O) groups excluding carboxylic acids is 1. The molecule has 0 saturated carbocycles. The maximum atomic E-state index is 13.9. The lowest BCUT2D eigenvalue weighted by Crippen LogP contribution is -2.44.